The number of ketones is 1. The SMILES string of the molecule is O=C(OCCOCCOCCOC1CCNCC1)C(=O)c1ccccc1. The van der Waals surface area contributed by atoms with Gasteiger partial charge in [-0.25, -0.2) is 4.79 Å². The zero-order valence-corrected chi connectivity index (χ0v) is 15.0. The van der Waals surface area contributed by atoms with Crippen LogP contribution in [-0.4, -0.2) is 70.6 Å². The van der Waals surface area contributed by atoms with Gasteiger partial charge >= 0.3 is 5.97 Å². The first-order valence-corrected chi connectivity index (χ1v) is 9.01. The van der Waals surface area contributed by atoms with Gasteiger partial charge in [0.25, 0.3) is 5.78 Å². The fourth-order valence-electron chi connectivity index (χ4n) is 2.52. The number of carbonyl (C=O) groups is 2. The number of piperidine rings is 1. The van der Waals surface area contributed by atoms with Gasteiger partial charge in [-0.05, 0) is 25.9 Å². The molecule has 0 amide bonds. The number of nitrogens with one attached hydrogen (secondary N) is 1. The summed E-state index contributed by atoms with van der Waals surface area (Å²) in [6.45, 7) is 4.27. The van der Waals surface area contributed by atoms with Crippen molar-refractivity contribution in [1.29, 1.82) is 0 Å². The Morgan fingerprint density at radius 1 is 0.885 bits per heavy atom. The van der Waals surface area contributed by atoms with Crippen molar-refractivity contribution in [2.24, 2.45) is 0 Å². The minimum atomic E-state index is -0.869. The minimum Gasteiger partial charge on any atom is -0.457 e. The molecule has 7 nitrogen and oxygen atoms in total. The average Bonchev–Trinajstić information content (AvgIpc) is 2.70. The number of esters is 1. The molecule has 0 atom stereocenters. The fraction of sp³-hybridized carbons (Fsp3) is 0.579. The van der Waals surface area contributed by atoms with Crippen molar-refractivity contribution in [1.82, 2.24) is 5.32 Å². The van der Waals surface area contributed by atoms with Crippen molar-refractivity contribution < 1.29 is 28.5 Å². The molecule has 0 unspecified atom stereocenters. The number of hydrogen-bond donors (Lipinski definition) is 1. The topological polar surface area (TPSA) is 83.1 Å². The molecule has 1 N–H and O–H groups in total. The smallest absolute Gasteiger partial charge is 0.379 e. The van der Waals surface area contributed by atoms with E-state index in [0.29, 0.717) is 38.1 Å². The summed E-state index contributed by atoms with van der Waals surface area (Å²) in [5.41, 5.74) is 0.318. The number of carbonyl (C=O) groups excluding carboxylic acids is 2. The average molecular weight is 365 g/mol. The van der Waals surface area contributed by atoms with Crippen LogP contribution in [0.1, 0.15) is 23.2 Å². The molecule has 1 aliphatic rings. The van der Waals surface area contributed by atoms with Crippen LogP contribution in [-0.2, 0) is 23.7 Å². The summed E-state index contributed by atoms with van der Waals surface area (Å²) < 4.78 is 21.3. The van der Waals surface area contributed by atoms with Gasteiger partial charge in [0.15, 0.2) is 0 Å². The van der Waals surface area contributed by atoms with Gasteiger partial charge in [0.2, 0.25) is 0 Å². The quantitative estimate of drug-likeness (QED) is 0.258. The molecule has 0 saturated carbocycles. The summed E-state index contributed by atoms with van der Waals surface area (Å²) in [5, 5.41) is 3.29. The van der Waals surface area contributed by atoms with Crippen molar-refractivity contribution in [2.75, 3.05) is 52.7 Å². The molecule has 1 aromatic rings. The lowest BCUT2D eigenvalue weighted by molar-refractivity contribution is -0.139. The Morgan fingerprint density at radius 3 is 2.19 bits per heavy atom. The van der Waals surface area contributed by atoms with Crippen molar-refractivity contribution >= 4 is 11.8 Å². The van der Waals surface area contributed by atoms with Gasteiger partial charge in [-0.2, -0.15) is 0 Å². The molecule has 1 aliphatic heterocycles. The molecule has 1 saturated heterocycles. The van der Waals surface area contributed by atoms with Crippen LogP contribution < -0.4 is 5.32 Å². The third-order valence-corrected chi connectivity index (χ3v) is 3.92. The summed E-state index contributed by atoms with van der Waals surface area (Å²) in [6.07, 6.45) is 2.44. The van der Waals surface area contributed by atoms with E-state index in [0.717, 1.165) is 25.9 Å². The summed E-state index contributed by atoms with van der Waals surface area (Å²) >= 11 is 0. The molecule has 1 aromatic carbocycles. The number of hydrogen-bond acceptors (Lipinski definition) is 7. The number of Topliss-reactive ketones (excluding diaryl/α,β-unsaturated/α-hetero) is 1. The van der Waals surface area contributed by atoms with Crippen LogP contribution in [0.4, 0.5) is 0 Å². The van der Waals surface area contributed by atoms with Gasteiger partial charge in [0.05, 0.1) is 39.1 Å². The van der Waals surface area contributed by atoms with E-state index in [2.05, 4.69) is 5.32 Å². The monoisotopic (exact) mass is 365 g/mol. The van der Waals surface area contributed by atoms with Crippen LogP contribution in [0.15, 0.2) is 30.3 Å². The van der Waals surface area contributed by atoms with Crippen LogP contribution in [0, 0.1) is 0 Å². The predicted molar refractivity (Wildman–Crippen MR) is 95.2 cm³/mol. The van der Waals surface area contributed by atoms with Crippen molar-refractivity contribution in [3.05, 3.63) is 35.9 Å². The molecule has 2 rings (SSSR count). The van der Waals surface area contributed by atoms with Crippen LogP contribution in [0.2, 0.25) is 0 Å². The second-order valence-electron chi connectivity index (χ2n) is 5.88. The molecule has 7 heteroatoms. The Morgan fingerprint density at radius 2 is 1.50 bits per heavy atom. The molecule has 0 bridgehead atoms. The van der Waals surface area contributed by atoms with E-state index in [1.807, 2.05) is 0 Å². The molecule has 0 spiro atoms. The standard InChI is InChI=1S/C19H27NO6/c21-18(16-4-2-1-3-5-16)19(22)26-15-13-24-11-10-23-12-14-25-17-6-8-20-9-7-17/h1-5,17,20H,6-15H2. The van der Waals surface area contributed by atoms with Crippen LogP contribution in [0.5, 0.6) is 0 Å². The zero-order valence-electron chi connectivity index (χ0n) is 15.0. The molecular weight excluding hydrogens is 338 g/mol. The summed E-state index contributed by atoms with van der Waals surface area (Å²) in [6, 6.07) is 8.32. The maximum atomic E-state index is 11.8. The maximum absolute atomic E-state index is 11.8. The van der Waals surface area contributed by atoms with Crippen LogP contribution in [0.25, 0.3) is 0 Å². The van der Waals surface area contributed by atoms with Gasteiger partial charge in [-0.1, -0.05) is 30.3 Å². The number of ether oxygens (including phenoxy) is 4. The summed E-state index contributed by atoms with van der Waals surface area (Å²) in [4.78, 5) is 23.4. The van der Waals surface area contributed by atoms with Crippen LogP contribution >= 0.6 is 0 Å². The van der Waals surface area contributed by atoms with Gasteiger partial charge in [0.1, 0.15) is 6.61 Å². The van der Waals surface area contributed by atoms with E-state index in [4.69, 9.17) is 18.9 Å². The third kappa shape index (κ3) is 8.05. The fourth-order valence-corrected chi connectivity index (χ4v) is 2.52. The number of rotatable bonds is 12. The van der Waals surface area contributed by atoms with Crippen LogP contribution in [0.3, 0.4) is 0 Å². The lowest BCUT2D eigenvalue weighted by atomic mass is 10.1. The molecule has 144 valence electrons. The molecule has 1 heterocycles. The van der Waals surface area contributed by atoms with E-state index in [1.54, 1.807) is 30.3 Å². The normalized spacial score (nSPS) is 14.9. The van der Waals surface area contributed by atoms with E-state index in [1.165, 1.54) is 0 Å². The van der Waals surface area contributed by atoms with Crippen molar-refractivity contribution in [3.63, 3.8) is 0 Å². The molecule has 0 aliphatic carbocycles. The first kappa shape index (κ1) is 20.5. The van der Waals surface area contributed by atoms with Crippen molar-refractivity contribution in [3.8, 4) is 0 Å². The Labute approximate surface area is 153 Å². The molecule has 1 fully saturated rings. The lowest BCUT2D eigenvalue weighted by Gasteiger charge is -2.22. The molecule has 0 aromatic heterocycles. The Kier molecular flexibility index (Phi) is 9.89. The summed E-state index contributed by atoms with van der Waals surface area (Å²) in [5.74, 6) is -1.52. The first-order valence-electron chi connectivity index (χ1n) is 9.01. The van der Waals surface area contributed by atoms with E-state index < -0.39 is 11.8 Å². The van der Waals surface area contributed by atoms with Gasteiger partial charge in [-0.3, -0.25) is 4.79 Å². The third-order valence-electron chi connectivity index (χ3n) is 3.92. The highest BCUT2D eigenvalue weighted by atomic mass is 16.6. The van der Waals surface area contributed by atoms with Gasteiger partial charge < -0.3 is 24.3 Å². The van der Waals surface area contributed by atoms with Crippen molar-refractivity contribution in [2.45, 2.75) is 18.9 Å². The number of benzene rings is 1. The van der Waals surface area contributed by atoms with Gasteiger partial charge in [0, 0.05) is 5.56 Å². The second kappa shape index (κ2) is 12.5. The van der Waals surface area contributed by atoms with E-state index >= 15 is 0 Å². The van der Waals surface area contributed by atoms with E-state index in [9.17, 15) is 9.59 Å². The van der Waals surface area contributed by atoms with Gasteiger partial charge in [-0.15, -0.1) is 0 Å². The lowest BCUT2D eigenvalue weighted by Crippen LogP contribution is -2.33. The highest BCUT2D eigenvalue weighted by Crippen LogP contribution is 2.06. The zero-order chi connectivity index (χ0) is 18.5. The second-order valence-corrected chi connectivity index (χ2v) is 5.88. The first-order chi connectivity index (χ1) is 12.8. The maximum Gasteiger partial charge on any atom is 0.379 e. The Balaban J connectivity index is 1.40. The predicted octanol–water partition coefficient (Wildman–Crippen LogP) is 1.21. The van der Waals surface area contributed by atoms with E-state index in [-0.39, 0.29) is 13.2 Å². The molecule has 26 heavy (non-hydrogen) atoms. The molecule has 0 radical (unpaired) electrons. The largest absolute Gasteiger partial charge is 0.457 e. The Hall–Kier alpha value is -1.80. The highest BCUT2D eigenvalue weighted by molar-refractivity contribution is 6.40. The molecular formula is C19H27NO6. The summed E-state index contributed by atoms with van der Waals surface area (Å²) in [7, 11) is 0. The highest BCUT2D eigenvalue weighted by Gasteiger charge is 2.17. The Bertz CT molecular complexity index is 530. The minimum absolute atomic E-state index is 0.0379.